The summed E-state index contributed by atoms with van der Waals surface area (Å²) < 4.78 is 37.6. The number of aromatic nitrogens is 2. The molecule has 8 nitrogen and oxygen atoms in total. The molecule has 3 rings (SSSR count). The molecule has 10 heteroatoms. The van der Waals surface area contributed by atoms with Crippen LogP contribution in [0.15, 0.2) is 30.5 Å². The Morgan fingerprint density at radius 2 is 2.03 bits per heavy atom. The molecule has 1 fully saturated rings. The number of H-pyrrole nitrogens is 1. The van der Waals surface area contributed by atoms with Gasteiger partial charge in [-0.3, -0.25) is 5.10 Å². The second-order valence-electron chi connectivity index (χ2n) is 7.07. The summed E-state index contributed by atoms with van der Waals surface area (Å²) in [6, 6.07) is 7.71. The first-order valence-corrected chi connectivity index (χ1v) is 11.0. The van der Waals surface area contributed by atoms with Crippen molar-refractivity contribution in [2.75, 3.05) is 32.5 Å². The second kappa shape index (κ2) is 10.4. The molecule has 1 aromatic heterocycles. The summed E-state index contributed by atoms with van der Waals surface area (Å²) in [6.45, 7) is 5.51. The fourth-order valence-corrected chi connectivity index (χ4v) is 4.92. The Kier molecular flexibility index (Phi) is 8.47. The van der Waals surface area contributed by atoms with E-state index in [4.69, 9.17) is 9.47 Å². The summed E-state index contributed by atoms with van der Waals surface area (Å²) in [5.41, 5.74) is 2.84. The van der Waals surface area contributed by atoms with Crippen molar-refractivity contribution in [3.05, 3.63) is 36.0 Å². The normalized spacial score (nSPS) is 20.2. The maximum absolute atomic E-state index is 12.6. The van der Waals surface area contributed by atoms with E-state index in [9.17, 15) is 8.42 Å². The van der Waals surface area contributed by atoms with Crippen molar-refractivity contribution in [3.8, 4) is 17.0 Å². The number of nitrogens with one attached hydrogen (secondary N) is 2. The number of ether oxygens (including phenoxy) is 2. The molecule has 29 heavy (non-hydrogen) atoms. The van der Waals surface area contributed by atoms with Gasteiger partial charge in [-0.2, -0.15) is 9.40 Å². The lowest BCUT2D eigenvalue weighted by atomic mass is 10.1. The van der Waals surface area contributed by atoms with Crippen molar-refractivity contribution in [3.63, 3.8) is 0 Å². The summed E-state index contributed by atoms with van der Waals surface area (Å²) in [5.74, 6) is 0.824. The smallest absolute Gasteiger partial charge is 0.215 e. The predicted molar refractivity (Wildman–Crippen MR) is 115 cm³/mol. The molecule has 1 saturated heterocycles. The average Bonchev–Trinajstić information content (AvgIpc) is 3.13. The largest absolute Gasteiger partial charge is 0.497 e. The van der Waals surface area contributed by atoms with Gasteiger partial charge in [0.1, 0.15) is 5.75 Å². The van der Waals surface area contributed by atoms with Gasteiger partial charge in [0.2, 0.25) is 10.0 Å². The number of morpholine rings is 1. The standard InChI is InChI=1S/C19H28N4O4S.ClH/c1-14-12-23(13-15(2)27-14)28(24,25)8-7-20-10-17-11-21-22-19(17)16-5-4-6-18(9-16)26-3;/h4-6,9,11,14-15,20H,7-8,10,12-13H2,1-3H3,(H,21,22);1H. The third-order valence-electron chi connectivity index (χ3n) is 4.71. The fraction of sp³-hybridized carbons (Fsp3) is 0.526. The minimum Gasteiger partial charge on any atom is -0.497 e. The third kappa shape index (κ3) is 6.16. The van der Waals surface area contributed by atoms with E-state index in [0.717, 1.165) is 22.6 Å². The van der Waals surface area contributed by atoms with Gasteiger partial charge in [-0.1, -0.05) is 12.1 Å². The number of aromatic amines is 1. The Balaban J connectivity index is 0.00000300. The first-order valence-electron chi connectivity index (χ1n) is 9.39. The molecule has 2 heterocycles. The highest BCUT2D eigenvalue weighted by Gasteiger charge is 2.30. The highest BCUT2D eigenvalue weighted by Crippen LogP contribution is 2.24. The Bertz CT molecular complexity index is 880. The molecule has 1 aliphatic heterocycles. The van der Waals surface area contributed by atoms with Gasteiger partial charge in [0.25, 0.3) is 0 Å². The molecule has 2 N–H and O–H groups in total. The number of nitrogens with zero attached hydrogens (tertiary/aromatic N) is 2. The minimum atomic E-state index is -3.31. The zero-order valence-corrected chi connectivity index (χ0v) is 18.6. The molecule has 0 bridgehead atoms. The number of sulfonamides is 1. The second-order valence-corrected chi connectivity index (χ2v) is 9.16. The Labute approximate surface area is 178 Å². The Morgan fingerprint density at radius 1 is 1.31 bits per heavy atom. The van der Waals surface area contributed by atoms with E-state index < -0.39 is 10.0 Å². The summed E-state index contributed by atoms with van der Waals surface area (Å²) in [4.78, 5) is 0. The SMILES string of the molecule is COc1cccc(-c2[nH]ncc2CNCCS(=O)(=O)N2CC(C)OC(C)C2)c1.Cl. The van der Waals surface area contributed by atoms with Gasteiger partial charge in [-0.25, -0.2) is 8.42 Å². The molecule has 2 atom stereocenters. The van der Waals surface area contributed by atoms with Crippen LogP contribution >= 0.6 is 12.4 Å². The van der Waals surface area contributed by atoms with Crippen molar-refractivity contribution < 1.29 is 17.9 Å². The van der Waals surface area contributed by atoms with Crippen LogP contribution in [0.3, 0.4) is 0 Å². The summed E-state index contributed by atoms with van der Waals surface area (Å²) in [5, 5.41) is 10.3. The lowest BCUT2D eigenvalue weighted by Gasteiger charge is -2.34. The number of halogens is 1. The van der Waals surface area contributed by atoms with Crippen LogP contribution in [0.4, 0.5) is 0 Å². The highest BCUT2D eigenvalue weighted by atomic mass is 35.5. The lowest BCUT2D eigenvalue weighted by Crippen LogP contribution is -2.49. The monoisotopic (exact) mass is 444 g/mol. The molecule has 1 aliphatic rings. The maximum atomic E-state index is 12.6. The van der Waals surface area contributed by atoms with Crippen molar-refractivity contribution in [1.29, 1.82) is 0 Å². The van der Waals surface area contributed by atoms with Crippen molar-refractivity contribution in [2.45, 2.75) is 32.6 Å². The molecular weight excluding hydrogens is 416 g/mol. The fourth-order valence-electron chi connectivity index (χ4n) is 3.38. The Morgan fingerprint density at radius 3 is 2.72 bits per heavy atom. The molecule has 0 amide bonds. The van der Waals surface area contributed by atoms with E-state index in [1.54, 1.807) is 13.3 Å². The first-order chi connectivity index (χ1) is 13.4. The van der Waals surface area contributed by atoms with Gasteiger partial charge in [0.15, 0.2) is 0 Å². The van der Waals surface area contributed by atoms with E-state index in [1.807, 2.05) is 38.1 Å². The molecule has 0 radical (unpaired) electrons. The summed E-state index contributed by atoms with van der Waals surface area (Å²) >= 11 is 0. The molecule has 2 aromatic rings. The van der Waals surface area contributed by atoms with Crippen LogP contribution in [-0.4, -0.2) is 67.6 Å². The summed E-state index contributed by atoms with van der Waals surface area (Å²) in [6.07, 6.45) is 1.59. The average molecular weight is 445 g/mol. The molecule has 162 valence electrons. The number of rotatable bonds is 8. The Hall–Kier alpha value is -1.65. The molecule has 0 saturated carbocycles. The van der Waals surface area contributed by atoms with Crippen LogP contribution in [-0.2, 0) is 21.3 Å². The highest BCUT2D eigenvalue weighted by molar-refractivity contribution is 7.89. The number of benzene rings is 1. The zero-order chi connectivity index (χ0) is 20.1. The number of methoxy groups -OCH3 is 1. The van der Waals surface area contributed by atoms with E-state index in [2.05, 4.69) is 15.5 Å². The molecule has 2 unspecified atom stereocenters. The topological polar surface area (TPSA) is 96.5 Å². The van der Waals surface area contributed by atoms with Gasteiger partial charge in [0.05, 0.1) is 37.0 Å². The molecule has 1 aromatic carbocycles. The number of hydrogen-bond acceptors (Lipinski definition) is 6. The lowest BCUT2D eigenvalue weighted by molar-refractivity contribution is -0.0440. The van der Waals surface area contributed by atoms with Crippen molar-refractivity contribution in [1.82, 2.24) is 19.8 Å². The quantitative estimate of drug-likeness (QED) is 0.605. The van der Waals surface area contributed by atoms with Crippen LogP contribution in [0.5, 0.6) is 5.75 Å². The van der Waals surface area contributed by atoms with Gasteiger partial charge in [0, 0.05) is 37.3 Å². The van der Waals surface area contributed by atoms with Crippen LogP contribution < -0.4 is 10.1 Å². The van der Waals surface area contributed by atoms with Crippen LogP contribution in [0.1, 0.15) is 19.4 Å². The number of hydrogen-bond donors (Lipinski definition) is 2. The third-order valence-corrected chi connectivity index (χ3v) is 6.51. The van der Waals surface area contributed by atoms with Crippen LogP contribution in [0.2, 0.25) is 0 Å². The van der Waals surface area contributed by atoms with Gasteiger partial charge in [-0.15, -0.1) is 12.4 Å². The van der Waals surface area contributed by atoms with Crippen molar-refractivity contribution >= 4 is 22.4 Å². The van der Waals surface area contributed by atoms with Gasteiger partial charge in [-0.05, 0) is 26.0 Å². The first kappa shape index (κ1) is 23.6. The van der Waals surface area contributed by atoms with Gasteiger partial charge >= 0.3 is 0 Å². The minimum absolute atomic E-state index is 0. The molecule has 0 aliphatic carbocycles. The van der Waals surface area contributed by atoms with Crippen LogP contribution in [0.25, 0.3) is 11.3 Å². The molecule has 0 spiro atoms. The van der Waals surface area contributed by atoms with E-state index in [1.165, 1.54) is 4.31 Å². The zero-order valence-electron chi connectivity index (χ0n) is 16.9. The van der Waals surface area contributed by atoms with E-state index >= 15 is 0 Å². The van der Waals surface area contributed by atoms with E-state index in [0.29, 0.717) is 26.2 Å². The van der Waals surface area contributed by atoms with Crippen molar-refractivity contribution in [2.24, 2.45) is 0 Å². The van der Waals surface area contributed by atoms with Gasteiger partial charge < -0.3 is 14.8 Å². The van der Waals surface area contributed by atoms with Crippen LogP contribution in [0, 0.1) is 0 Å². The molecular formula is C19H29ClN4O4S. The summed E-state index contributed by atoms with van der Waals surface area (Å²) in [7, 11) is -1.68. The maximum Gasteiger partial charge on any atom is 0.215 e. The predicted octanol–water partition coefficient (Wildman–Crippen LogP) is 2.04. The van der Waals surface area contributed by atoms with E-state index in [-0.39, 0.29) is 30.4 Å².